The highest BCUT2D eigenvalue weighted by Crippen LogP contribution is 2.34. The highest BCUT2D eigenvalue weighted by Gasteiger charge is 2.22. The van der Waals surface area contributed by atoms with Crippen LogP contribution in [0.2, 0.25) is 0 Å². The van der Waals surface area contributed by atoms with E-state index in [0.29, 0.717) is 0 Å². The zero-order chi connectivity index (χ0) is 15.6. The van der Waals surface area contributed by atoms with Gasteiger partial charge in [-0.25, -0.2) is 9.87 Å². The Kier molecular flexibility index (Phi) is 3.76. The fraction of sp³-hybridized carbons (Fsp3) is 0. The first kappa shape index (κ1) is 14.3. The Morgan fingerprint density at radius 2 is 2.19 bits per heavy atom. The number of benzene rings is 1. The summed E-state index contributed by atoms with van der Waals surface area (Å²) in [5, 5.41) is 19.6. The highest BCUT2D eigenvalue weighted by molar-refractivity contribution is 5.98. The average molecular weight is 292 g/mol. The van der Waals surface area contributed by atoms with E-state index in [1.165, 1.54) is 17.7 Å². The van der Waals surface area contributed by atoms with E-state index in [1.807, 2.05) is 0 Å². The van der Waals surface area contributed by atoms with E-state index in [9.17, 15) is 19.3 Å². The Morgan fingerprint density at radius 1 is 1.48 bits per heavy atom. The van der Waals surface area contributed by atoms with Crippen molar-refractivity contribution >= 4 is 17.3 Å². The maximum atomic E-state index is 13.8. The lowest BCUT2D eigenvalue weighted by Gasteiger charge is -2.09. The van der Waals surface area contributed by atoms with Gasteiger partial charge in [-0.15, -0.1) is 0 Å². The second-order valence-corrected chi connectivity index (χ2v) is 3.99. The number of nitro groups is 1. The van der Waals surface area contributed by atoms with E-state index >= 15 is 0 Å². The minimum Gasteiger partial charge on any atom is -0.393 e. The van der Waals surface area contributed by atoms with E-state index in [2.05, 4.69) is 4.98 Å². The summed E-state index contributed by atoms with van der Waals surface area (Å²) in [6, 6.07) is 4.44. The molecule has 0 aliphatic rings. The molecule has 2 aromatic rings. The molecule has 0 saturated heterocycles. The molecule has 1 heterocycles. The van der Waals surface area contributed by atoms with Crippen LogP contribution in [0.15, 0.2) is 30.5 Å². The number of halogens is 1. The van der Waals surface area contributed by atoms with Crippen molar-refractivity contribution in [2.45, 2.75) is 0 Å². The van der Waals surface area contributed by atoms with Crippen LogP contribution in [-0.4, -0.2) is 21.0 Å². The van der Waals surface area contributed by atoms with Crippen LogP contribution in [0.3, 0.4) is 0 Å². The van der Waals surface area contributed by atoms with Crippen LogP contribution in [0.25, 0.3) is 11.3 Å². The van der Waals surface area contributed by atoms with Crippen molar-refractivity contribution < 1.29 is 19.3 Å². The number of nitrogens with zero attached hydrogens (tertiary/aromatic N) is 2. The number of rotatable bonds is 3. The summed E-state index contributed by atoms with van der Waals surface area (Å²) in [5.74, 6) is -1.74. The summed E-state index contributed by atoms with van der Waals surface area (Å²) in [6.07, 6.45) is 1.28. The number of hydrogen-bond acceptors (Lipinski definition) is 6. The second-order valence-electron chi connectivity index (χ2n) is 3.99. The van der Waals surface area contributed by atoms with Crippen molar-refractivity contribution in [3.63, 3.8) is 0 Å². The predicted molar refractivity (Wildman–Crippen MR) is 70.0 cm³/mol. The van der Waals surface area contributed by atoms with Gasteiger partial charge >= 0.3 is 0 Å². The molecule has 108 valence electrons. The van der Waals surface area contributed by atoms with Gasteiger partial charge in [-0.05, 0) is 18.2 Å². The molecule has 1 aromatic carbocycles. The number of carbonyl (C=O) groups excluding carboxylic acids is 1. The monoisotopic (exact) mass is 292 g/mol. The number of nitrogens with one attached hydrogen (secondary N) is 1. The Morgan fingerprint density at radius 3 is 2.76 bits per heavy atom. The molecule has 0 unspecified atom stereocenters. The van der Waals surface area contributed by atoms with E-state index < -0.39 is 22.3 Å². The number of carbonyl (C=O) groups is 1. The topological polar surface area (TPSA) is 131 Å². The first-order valence-corrected chi connectivity index (χ1v) is 5.59. The summed E-state index contributed by atoms with van der Waals surface area (Å²) in [6.45, 7) is 0. The lowest BCUT2D eigenvalue weighted by molar-refractivity contribution is -0.383. The average Bonchev–Trinajstić information content (AvgIpc) is 2.47. The number of pyridine rings is 1. The largest absolute Gasteiger partial charge is 0.393 e. The maximum absolute atomic E-state index is 13.8. The molecule has 2 rings (SSSR count). The minimum atomic E-state index is -0.990. The standard InChI is InChI=1S/C12H9FN4O4/c13-8-2-1-3-15-11(8)7-4-6(12(18)16-19)5-9(10(7)14)17(20)21/h1-5,19H,14H2,(H,16,18). The van der Waals surface area contributed by atoms with Gasteiger partial charge in [0.15, 0.2) is 0 Å². The normalized spacial score (nSPS) is 10.2. The van der Waals surface area contributed by atoms with Crippen molar-refractivity contribution in [1.29, 1.82) is 0 Å². The molecule has 0 radical (unpaired) electrons. The van der Waals surface area contributed by atoms with E-state index in [4.69, 9.17) is 10.9 Å². The summed E-state index contributed by atoms with van der Waals surface area (Å²) >= 11 is 0. The molecule has 0 saturated carbocycles. The number of amides is 1. The van der Waals surface area contributed by atoms with Crippen LogP contribution in [0.4, 0.5) is 15.8 Å². The Bertz CT molecular complexity index is 735. The lowest BCUT2D eigenvalue weighted by atomic mass is 10.0. The predicted octanol–water partition coefficient (Wildman–Crippen LogP) is 1.50. The number of hydrogen-bond donors (Lipinski definition) is 3. The fourth-order valence-corrected chi connectivity index (χ4v) is 1.76. The first-order valence-electron chi connectivity index (χ1n) is 5.59. The van der Waals surface area contributed by atoms with Crippen molar-refractivity contribution in [2.24, 2.45) is 0 Å². The van der Waals surface area contributed by atoms with Crippen LogP contribution >= 0.6 is 0 Å². The van der Waals surface area contributed by atoms with E-state index in [1.54, 1.807) is 0 Å². The van der Waals surface area contributed by atoms with Crippen molar-refractivity contribution in [1.82, 2.24) is 10.5 Å². The number of hydroxylamine groups is 1. The zero-order valence-electron chi connectivity index (χ0n) is 10.4. The number of nitrogens with two attached hydrogens (primary N) is 1. The molecule has 9 heteroatoms. The fourth-order valence-electron chi connectivity index (χ4n) is 1.76. The summed E-state index contributed by atoms with van der Waals surface area (Å²) in [4.78, 5) is 25.4. The molecule has 21 heavy (non-hydrogen) atoms. The first-order chi connectivity index (χ1) is 9.95. The summed E-state index contributed by atoms with van der Waals surface area (Å²) in [7, 11) is 0. The van der Waals surface area contributed by atoms with E-state index in [0.717, 1.165) is 18.2 Å². The molecule has 0 spiro atoms. The number of anilines is 1. The van der Waals surface area contributed by atoms with Gasteiger partial charge in [0.05, 0.1) is 4.92 Å². The lowest BCUT2D eigenvalue weighted by Crippen LogP contribution is -2.19. The van der Waals surface area contributed by atoms with Gasteiger partial charge in [0, 0.05) is 23.4 Å². The highest BCUT2D eigenvalue weighted by atomic mass is 19.1. The Hall–Kier alpha value is -3.07. The molecule has 0 bridgehead atoms. The van der Waals surface area contributed by atoms with Gasteiger partial charge in [-0.3, -0.25) is 25.1 Å². The molecule has 4 N–H and O–H groups in total. The van der Waals surface area contributed by atoms with Crippen LogP contribution in [0, 0.1) is 15.9 Å². The van der Waals surface area contributed by atoms with Gasteiger partial charge < -0.3 is 5.73 Å². The van der Waals surface area contributed by atoms with Crippen molar-refractivity contribution in [3.8, 4) is 11.3 Å². The number of nitro benzene ring substituents is 1. The third kappa shape index (κ3) is 2.62. The minimum absolute atomic E-state index is 0.110. The van der Waals surface area contributed by atoms with Gasteiger partial charge in [0.1, 0.15) is 17.2 Å². The second kappa shape index (κ2) is 5.51. The van der Waals surface area contributed by atoms with E-state index in [-0.39, 0.29) is 22.5 Å². The van der Waals surface area contributed by atoms with Crippen LogP contribution in [-0.2, 0) is 0 Å². The third-order valence-electron chi connectivity index (χ3n) is 2.73. The molecular weight excluding hydrogens is 283 g/mol. The van der Waals surface area contributed by atoms with Gasteiger partial charge in [0.2, 0.25) is 0 Å². The summed E-state index contributed by atoms with van der Waals surface area (Å²) in [5.41, 5.74) is 5.49. The quantitative estimate of drug-likeness (QED) is 0.340. The van der Waals surface area contributed by atoms with Crippen LogP contribution < -0.4 is 11.2 Å². The Balaban J connectivity index is 2.76. The summed E-state index contributed by atoms with van der Waals surface area (Å²) < 4.78 is 13.8. The smallest absolute Gasteiger partial charge is 0.293 e. The molecule has 0 atom stereocenters. The molecule has 8 nitrogen and oxygen atoms in total. The zero-order valence-corrected chi connectivity index (χ0v) is 10.4. The molecule has 1 aromatic heterocycles. The molecule has 0 fully saturated rings. The van der Waals surface area contributed by atoms with Crippen LogP contribution in [0.1, 0.15) is 10.4 Å². The molecular formula is C12H9FN4O4. The SMILES string of the molecule is Nc1c(-c2ncccc2F)cc(C(=O)NO)cc1[N+](=O)[O-]. The molecule has 1 amide bonds. The van der Waals surface area contributed by atoms with Crippen LogP contribution in [0.5, 0.6) is 0 Å². The number of aromatic nitrogens is 1. The molecule has 0 aliphatic carbocycles. The molecule has 0 aliphatic heterocycles. The van der Waals surface area contributed by atoms with Gasteiger partial charge in [0.25, 0.3) is 11.6 Å². The third-order valence-corrected chi connectivity index (χ3v) is 2.73. The maximum Gasteiger partial charge on any atom is 0.293 e. The van der Waals surface area contributed by atoms with Gasteiger partial charge in [-0.1, -0.05) is 0 Å². The van der Waals surface area contributed by atoms with Gasteiger partial charge in [-0.2, -0.15) is 0 Å². The Labute approximate surface area is 117 Å². The number of nitrogen functional groups attached to an aromatic ring is 1. The van der Waals surface area contributed by atoms with Crippen molar-refractivity contribution in [3.05, 3.63) is 52.0 Å². The van der Waals surface area contributed by atoms with Crippen molar-refractivity contribution in [2.75, 3.05) is 5.73 Å².